The zero-order valence-electron chi connectivity index (χ0n) is 16.2. The summed E-state index contributed by atoms with van der Waals surface area (Å²) in [7, 11) is 0. The topological polar surface area (TPSA) is 35.9 Å². The van der Waals surface area contributed by atoms with Gasteiger partial charge in [-0.25, -0.2) is 5.01 Å². The lowest BCUT2D eigenvalue weighted by molar-refractivity contribution is -0.134. The molecule has 4 rings (SSSR count). The molecule has 2 aromatic carbocycles. The minimum Gasteiger partial charge on any atom is -0.294 e. The van der Waals surface area contributed by atoms with E-state index in [0.717, 1.165) is 36.3 Å². The van der Waals surface area contributed by atoms with Gasteiger partial charge in [0.15, 0.2) is 0 Å². The van der Waals surface area contributed by atoms with Gasteiger partial charge in [0.2, 0.25) is 0 Å². The van der Waals surface area contributed by atoms with Crippen LogP contribution in [0.5, 0.6) is 0 Å². The Balaban J connectivity index is 1.61. The molecule has 0 saturated carbocycles. The van der Waals surface area contributed by atoms with Crippen molar-refractivity contribution in [2.45, 2.75) is 39.2 Å². The Bertz CT molecular complexity index is 833. The largest absolute Gasteiger partial charge is 0.294 e. The lowest BCUT2D eigenvalue weighted by Crippen LogP contribution is -2.36. The molecule has 1 saturated heterocycles. The van der Waals surface area contributed by atoms with Gasteiger partial charge in [0.25, 0.3) is 5.91 Å². The normalized spacial score (nSPS) is 20.1. The number of hydrogen-bond acceptors (Lipinski definition) is 3. The molecule has 27 heavy (non-hydrogen) atoms. The molecule has 0 N–H and O–H groups in total. The number of aryl methyl sites for hydroxylation is 2. The van der Waals surface area contributed by atoms with Crippen LogP contribution in [-0.2, 0) is 4.79 Å². The summed E-state index contributed by atoms with van der Waals surface area (Å²) >= 11 is 0. The minimum atomic E-state index is -0.0167. The number of likely N-dealkylation sites (tertiary alicyclic amines) is 1. The zero-order chi connectivity index (χ0) is 18.8. The van der Waals surface area contributed by atoms with Crippen molar-refractivity contribution in [2.75, 3.05) is 19.6 Å². The van der Waals surface area contributed by atoms with Crippen LogP contribution in [0.3, 0.4) is 0 Å². The van der Waals surface area contributed by atoms with E-state index in [1.54, 1.807) is 5.01 Å². The minimum absolute atomic E-state index is 0.0167. The summed E-state index contributed by atoms with van der Waals surface area (Å²) in [5.41, 5.74) is 5.71. The first-order chi connectivity index (χ1) is 13.1. The zero-order valence-corrected chi connectivity index (χ0v) is 16.2. The van der Waals surface area contributed by atoms with Gasteiger partial charge in [-0.15, -0.1) is 0 Å². The number of nitrogens with zero attached hydrogens (tertiary/aromatic N) is 3. The van der Waals surface area contributed by atoms with Gasteiger partial charge in [0.1, 0.15) is 0 Å². The molecular weight excluding hydrogens is 334 g/mol. The highest BCUT2D eigenvalue weighted by Gasteiger charge is 2.33. The predicted molar refractivity (Wildman–Crippen MR) is 109 cm³/mol. The third-order valence-electron chi connectivity index (χ3n) is 5.57. The second-order valence-electron chi connectivity index (χ2n) is 7.76. The van der Waals surface area contributed by atoms with Gasteiger partial charge < -0.3 is 0 Å². The Morgan fingerprint density at radius 2 is 1.56 bits per heavy atom. The summed E-state index contributed by atoms with van der Waals surface area (Å²) in [5.74, 6) is 0.101. The second kappa shape index (κ2) is 7.65. The first kappa shape index (κ1) is 17.9. The molecule has 0 radical (unpaired) electrons. The van der Waals surface area contributed by atoms with Crippen LogP contribution in [-0.4, -0.2) is 41.2 Å². The molecule has 1 fully saturated rings. The van der Waals surface area contributed by atoms with Crippen LogP contribution in [0.25, 0.3) is 0 Å². The molecule has 4 heteroatoms. The van der Waals surface area contributed by atoms with Gasteiger partial charge in [-0.1, -0.05) is 59.7 Å². The maximum Gasteiger partial charge on any atom is 0.257 e. The fourth-order valence-electron chi connectivity index (χ4n) is 3.91. The van der Waals surface area contributed by atoms with E-state index in [4.69, 9.17) is 5.10 Å². The molecule has 0 bridgehead atoms. The molecule has 2 aliphatic heterocycles. The van der Waals surface area contributed by atoms with Crippen molar-refractivity contribution in [3.05, 3.63) is 70.8 Å². The van der Waals surface area contributed by atoms with Crippen LogP contribution in [0.15, 0.2) is 53.6 Å². The maximum atomic E-state index is 13.1. The Kier molecular flexibility index (Phi) is 5.08. The number of hydrazone groups is 1. The fraction of sp³-hybridized carbons (Fsp3) is 0.391. The standard InChI is InChI=1S/C23H27N3O/c1-17-5-9-19(10-6-17)21-15-22(20-11-7-18(2)8-12-20)26(24-21)23(27)16-25-13-3-4-14-25/h5-12,22H,3-4,13-16H2,1-2H3/t22-/m1/s1. The first-order valence-corrected chi connectivity index (χ1v) is 9.85. The number of hydrogen-bond donors (Lipinski definition) is 0. The third kappa shape index (κ3) is 3.96. The van der Waals surface area contributed by atoms with E-state index < -0.39 is 0 Å². The first-order valence-electron chi connectivity index (χ1n) is 9.85. The van der Waals surface area contributed by atoms with Crippen LogP contribution in [0.1, 0.15) is 47.6 Å². The summed E-state index contributed by atoms with van der Waals surface area (Å²) < 4.78 is 0. The average Bonchev–Trinajstić information content (AvgIpc) is 3.33. The summed E-state index contributed by atoms with van der Waals surface area (Å²) in [4.78, 5) is 15.3. The fourth-order valence-corrected chi connectivity index (χ4v) is 3.91. The number of carbonyl (C=O) groups excluding carboxylic acids is 1. The smallest absolute Gasteiger partial charge is 0.257 e. The van der Waals surface area contributed by atoms with Crippen LogP contribution in [0.2, 0.25) is 0 Å². The molecule has 2 aliphatic rings. The quantitative estimate of drug-likeness (QED) is 0.823. The van der Waals surface area contributed by atoms with Gasteiger partial charge >= 0.3 is 0 Å². The predicted octanol–water partition coefficient (Wildman–Crippen LogP) is 4.08. The third-order valence-corrected chi connectivity index (χ3v) is 5.57. The molecule has 140 valence electrons. The van der Waals surface area contributed by atoms with E-state index in [-0.39, 0.29) is 11.9 Å². The van der Waals surface area contributed by atoms with Crippen molar-refractivity contribution in [2.24, 2.45) is 5.10 Å². The van der Waals surface area contributed by atoms with Crippen molar-refractivity contribution in [3.63, 3.8) is 0 Å². The summed E-state index contributed by atoms with van der Waals surface area (Å²) in [6.45, 7) is 6.67. The maximum absolute atomic E-state index is 13.1. The summed E-state index contributed by atoms with van der Waals surface area (Å²) in [6, 6.07) is 16.9. The highest BCUT2D eigenvalue weighted by Crippen LogP contribution is 2.33. The van der Waals surface area contributed by atoms with Crippen molar-refractivity contribution < 1.29 is 4.79 Å². The Labute approximate surface area is 161 Å². The van der Waals surface area contributed by atoms with Gasteiger partial charge in [-0.3, -0.25) is 9.69 Å². The molecule has 0 unspecified atom stereocenters. The molecular formula is C23H27N3O. The SMILES string of the molecule is Cc1ccc(C2=NN(C(=O)CN3CCCC3)[C@@H](c3ccc(C)cc3)C2)cc1. The monoisotopic (exact) mass is 361 g/mol. The van der Waals surface area contributed by atoms with Gasteiger partial charge in [0, 0.05) is 6.42 Å². The lowest BCUT2D eigenvalue weighted by atomic mass is 9.97. The Morgan fingerprint density at radius 3 is 2.19 bits per heavy atom. The average molecular weight is 361 g/mol. The molecule has 0 aliphatic carbocycles. The van der Waals surface area contributed by atoms with E-state index in [9.17, 15) is 4.79 Å². The van der Waals surface area contributed by atoms with Crippen LogP contribution < -0.4 is 0 Å². The van der Waals surface area contributed by atoms with Gasteiger partial charge in [-0.05, 0) is 50.9 Å². The second-order valence-corrected chi connectivity index (χ2v) is 7.76. The van der Waals surface area contributed by atoms with Gasteiger partial charge in [0.05, 0.1) is 18.3 Å². The molecule has 4 nitrogen and oxygen atoms in total. The molecule has 2 heterocycles. The number of rotatable bonds is 4. The van der Waals surface area contributed by atoms with Crippen LogP contribution >= 0.6 is 0 Å². The highest BCUT2D eigenvalue weighted by molar-refractivity contribution is 6.03. The molecule has 2 aromatic rings. The van der Waals surface area contributed by atoms with E-state index in [0.29, 0.717) is 6.54 Å². The number of carbonyl (C=O) groups is 1. The van der Waals surface area contributed by atoms with Crippen molar-refractivity contribution in [1.82, 2.24) is 9.91 Å². The number of benzene rings is 2. The van der Waals surface area contributed by atoms with E-state index >= 15 is 0 Å². The number of amides is 1. The van der Waals surface area contributed by atoms with Crippen LogP contribution in [0, 0.1) is 13.8 Å². The summed E-state index contributed by atoms with van der Waals surface area (Å²) in [6.07, 6.45) is 3.14. The van der Waals surface area contributed by atoms with Crippen molar-refractivity contribution in [1.29, 1.82) is 0 Å². The molecule has 1 atom stereocenters. The van der Waals surface area contributed by atoms with Gasteiger partial charge in [-0.2, -0.15) is 5.10 Å². The lowest BCUT2D eigenvalue weighted by Gasteiger charge is -2.24. The molecule has 0 spiro atoms. The summed E-state index contributed by atoms with van der Waals surface area (Å²) in [5, 5.41) is 6.52. The van der Waals surface area contributed by atoms with E-state index in [1.807, 2.05) is 0 Å². The molecule has 1 amide bonds. The van der Waals surface area contributed by atoms with Crippen molar-refractivity contribution in [3.8, 4) is 0 Å². The van der Waals surface area contributed by atoms with E-state index in [1.165, 1.54) is 24.0 Å². The van der Waals surface area contributed by atoms with Crippen LogP contribution in [0.4, 0.5) is 0 Å². The Hall–Kier alpha value is -2.46. The highest BCUT2D eigenvalue weighted by atomic mass is 16.2. The van der Waals surface area contributed by atoms with E-state index in [2.05, 4.69) is 67.3 Å². The Morgan fingerprint density at radius 1 is 0.963 bits per heavy atom. The molecule has 0 aromatic heterocycles. The van der Waals surface area contributed by atoms with Crippen molar-refractivity contribution >= 4 is 11.6 Å².